The fourth-order valence-electron chi connectivity index (χ4n) is 3.36. The lowest BCUT2D eigenvalue weighted by Crippen LogP contribution is -2.34. The number of rotatable bonds is 3. The third-order valence-corrected chi connectivity index (χ3v) is 4.16. The maximum Gasteiger partial charge on any atom is 0.0617 e. The Bertz CT molecular complexity index is 1100. The molecule has 2 aromatic heterocycles. The molecule has 0 radical (unpaired) electrons. The van der Waals surface area contributed by atoms with Gasteiger partial charge in [0.15, 0.2) is 0 Å². The highest BCUT2D eigenvalue weighted by Crippen LogP contribution is 2.24. The fourth-order valence-corrected chi connectivity index (χ4v) is 3.36. The number of allylic oxidation sites excluding steroid dienone is 3. The van der Waals surface area contributed by atoms with Crippen molar-refractivity contribution in [1.29, 1.82) is 0 Å². The Kier molecular flexibility index (Phi) is 4.03. The summed E-state index contributed by atoms with van der Waals surface area (Å²) in [7, 11) is 0. The molecule has 3 rings (SSSR count). The summed E-state index contributed by atoms with van der Waals surface area (Å²) >= 11 is 0. The number of nitrogens with zero attached hydrogens (tertiary/aromatic N) is 1. The first-order valence-electron chi connectivity index (χ1n) is 7.87. The van der Waals surface area contributed by atoms with Crippen LogP contribution < -0.4 is 15.8 Å². The van der Waals surface area contributed by atoms with Crippen molar-refractivity contribution in [3.63, 3.8) is 0 Å². The van der Waals surface area contributed by atoms with E-state index < -0.39 is 0 Å². The predicted molar refractivity (Wildman–Crippen MR) is 104 cm³/mol. The summed E-state index contributed by atoms with van der Waals surface area (Å²) in [5, 5.41) is 4.85. The highest BCUT2D eigenvalue weighted by Gasteiger charge is 2.13. The second-order valence-electron chi connectivity index (χ2n) is 5.42. The molecule has 0 N–H and O–H groups in total. The molecule has 2 heterocycles. The summed E-state index contributed by atoms with van der Waals surface area (Å²) < 4.78 is 2.33. The van der Waals surface area contributed by atoms with Crippen molar-refractivity contribution in [1.82, 2.24) is 4.40 Å². The van der Waals surface area contributed by atoms with Crippen LogP contribution in [0.15, 0.2) is 55.7 Å². The first kappa shape index (κ1) is 15.1. The molecule has 1 nitrogen and oxygen atoms in total. The molecular weight excluding hydrogens is 278 g/mol. The molecular formula is C22H21N. The number of para-hydroxylation sites is 1. The van der Waals surface area contributed by atoms with Crippen LogP contribution in [0.2, 0.25) is 0 Å². The van der Waals surface area contributed by atoms with Gasteiger partial charge in [-0.3, -0.25) is 0 Å². The number of aromatic nitrogens is 1. The zero-order chi connectivity index (χ0) is 16.4. The highest BCUT2D eigenvalue weighted by atomic mass is 14.9. The van der Waals surface area contributed by atoms with Gasteiger partial charge in [-0.05, 0) is 26.0 Å². The maximum absolute atomic E-state index is 3.89. The molecule has 0 saturated carbocycles. The largest absolute Gasteiger partial charge is 0.308 e. The van der Waals surface area contributed by atoms with Crippen LogP contribution in [0.5, 0.6) is 0 Å². The molecule has 114 valence electrons. The Balaban J connectivity index is 2.82. The summed E-state index contributed by atoms with van der Waals surface area (Å²) in [5.41, 5.74) is 3.72. The molecule has 1 aromatic carbocycles. The van der Waals surface area contributed by atoms with Crippen LogP contribution in [-0.4, -0.2) is 4.40 Å². The molecule has 3 aromatic rings. The van der Waals surface area contributed by atoms with Crippen molar-refractivity contribution in [2.24, 2.45) is 0 Å². The summed E-state index contributed by atoms with van der Waals surface area (Å²) in [6.45, 7) is 11.9. The lowest BCUT2D eigenvalue weighted by atomic mass is 10.1. The molecule has 0 spiro atoms. The van der Waals surface area contributed by atoms with Crippen LogP contribution in [0.25, 0.3) is 40.7 Å². The van der Waals surface area contributed by atoms with Crippen molar-refractivity contribution in [2.45, 2.75) is 13.8 Å². The minimum absolute atomic E-state index is 1.15. The van der Waals surface area contributed by atoms with Gasteiger partial charge in [-0.15, -0.1) is 0 Å². The quantitative estimate of drug-likeness (QED) is 0.696. The zero-order valence-electron chi connectivity index (χ0n) is 13.7. The van der Waals surface area contributed by atoms with Gasteiger partial charge in [0.1, 0.15) is 0 Å². The van der Waals surface area contributed by atoms with Crippen molar-refractivity contribution in [3.05, 3.63) is 77.0 Å². The summed E-state index contributed by atoms with van der Waals surface area (Å²) in [6.07, 6.45) is 14.3. The van der Waals surface area contributed by atoms with Crippen molar-refractivity contribution in [3.8, 4) is 0 Å². The molecule has 23 heavy (non-hydrogen) atoms. The third-order valence-electron chi connectivity index (χ3n) is 4.16. The van der Waals surface area contributed by atoms with Gasteiger partial charge in [0.2, 0.25) is 0 Å². The van der Waals surface area contributed by atoms with Crippen LogP contribution in [0, 0.1) is 0 Å². The molecule has 0 atom stereocenters. The summed E-state index contributed by atoms with van der Waals surface area (Å²) in [6, 6.07) is 8.54. The number of benzene rings is 1. The lowest BCUT2D eigenvalue weighted by Gasteiger charge is -1.93. The average molecular weight is 299 g/mol. The molecule has 0 saturated heterocycles. The Labute approximate surface area is 136 Å². The molecule has 0 unspecified atom stereocenters. The van der Waals surface area contributed by atoms with E-state index in [0.29, 0.717) is 0 Å². The van der Waals surface area contributed by atoms with Gasteiger partial charge < -0.3 is 4.40 Å². The van der Waals surface area contributed by atoms with E-state index in [-0.39, 0.29) is 0 Å². The van der Waals surface area contributed by atoms with Gasteiger partial charge >= 0.3 is 0 Å². The third kappa shape index (κ3) is 2.17. The van der Waals surface area contributed by atoms with E-state index in [1.54, 1.807) is 0 Å². The van der Waals surface area contributed by atoms with E-state index in [1.807, 2.05) is 12.2 Å². The molecule has 0 aliphatic carbocycles. The zero-order valence-corrected chi connectivity index (χ0v) is 13.7. The van der Waals surface area contributed by atoms with Gasteiger partial charge in [-0.1, -0.05) is 67.8 Å². The Morgan fingerprint density at radius 3 is 2.35 bits per heavy atom. The first-order chi connectivity index (χ1) is 11.3. The maximum atomic E-state index is 3.89. The monoisotopic (exact) mass is 299 g/mol. The van der Waals surface area contributed by atoms with E-state index in [2.05, 4.69) is 86.1 Å². The topological polar surface area (TPSA) is 4.41 Å². The smallest absolute Gasteiger partial charge is 0.0617 e. The Morgan fingerprint density at radius 1 is 0.957 bits per heavy atom. The summed E-state index contributed by atoms with van der Waals surface area (Å²) in [4.78, 5) is 0. The van der Waals surface area contributed by atoms with E-state index in [0.717, 1.165) is 5.35 Å². The van der Waals surface area contributed by atoms with Crippen LogP contribution >= 0.6 is 0 Å². The Morgan fingerprint density at radius 2 is 1.70 bits per heavy atom. The van der Waals surface area contributed by atoms with Crippen molar-refractivity contribution >= 4 is 40.7 Å². The van der Waals surface area contributed by atoms with Crippen molar-refractivity contribution < 1.29 is 0 Å². The molecule has 0 bridgehead atoms. The van der Waals surface area contributed by atoms with E-state index >= 15 is 0 Å². The van der Waals surface area contributed by atoms with Crippen molar-refractivity contribution in [2.75, 3.05) is 0 Å². The fraction of sp³-hybridized carbons (Fsp3) is 0.0909. The second-order valence-corrected chi connectivity index (χ2v) is 5.42. The van der Waals surface area contributed by atoms with Crippen LogP contribution in [0.4, 0.5) is 0 Å². The minimum atomic E-state index is 1.15. The number of hydrogen-bond donors (Lipinski definition) is 0. The first-order valence-corrected chi connectivity index (χ1v) is 7.87. The molecule has 0 aliphatic heterocycles. The number of hydrogen-bond acceptors (Lipinski definition) is 0. The van der Waals surface area contributed by atoms with E-state index in [4.69, 9.17) is 0 Å². The predicted octanol–water partition coefficient (Wildman–Crippen LogP) is 3.58. The van der Waals surface area contributed by atoms with Crippen LogP contribution in [0.3, 0.4) is 0 Å². The van der Waals surface area contributed by atoms with Crippen LogP contribution in [-0.2, 0) is 0 Å². The van der Waals surface area contributed by atoms with Gasteiger partial charge in [0.25, 0.3) is 0 Å². The average Bonchev–Trinajstić information content (AvgIpc) is 3.03. The number of fused-ring (bicyclic) bond motifs is 3. The second kappa shape index (κ2) is 6.13. The molecule has 1 heteroatoms. The minimum Gasteiger partial charge on any atom is -0.308 e. The van der Waals surface area contributed by atoms with Gasteiger partial charge in [0.05, 0.1) is 16.4 Å². The van der Waals surface area contributed by atoms with E-state index in [9.17, 15) is 0 Å². The molecule has 0 amide bonds. The van der Waals surface area contributed by atoms with E-state index in [1.165, 1.54) is 32.4 Å². The lowest BCUT2D eigenvalue weighted by molar-refractivity contribution is 1.21. The summed E-state index contributed by atoms with van der Waals surface area (Å²) in [5.74, 6) is 0. The van der Waals surface area contributed by atoms with Crippen LogP contribution in [0.1, 0.15) is 19.4 Å². The molecule has 0 fully saturated rings. The highest BCUT2D eigenvalue weighted by molar-refractivity contribution is 5.99. The van der Waals surface area contributed by atoms with Gasteiger partial charge in [0, 0.05) is 21.4 Å². The Hall–Kier alpha value is -2.80. The van der Waals surface area contributed by atoms with Gasteiger partial charge in [-0.2, -0.15) is 0 Å². The molecule has 0 aliphatic rings. The standard InChI is InChI=1S/C22H21N/c1-5-11-17-16(8-4)22-19(12-6-2)18-14-9-10-15-21(18)23(22)20(17)13-7-3/h5-15H,1,3H2,2,4H3/b12-6-,16-8-,17-11-,20-13+. The SMILES string of the molecule is C=C/C=c1c(=C/C)/c2c(/C=C\C)c3ccccc3n2c/1=C/C=C. The van der Waals surface area contributed by atoms with Gasteiger partial charge in [-0.25, -0.2) is 0 Å². The normalized spacial score (nSPS) is 14.6.